The summed E-state index contributed by atoms with van der Waals surface area (Å²) in [4.78, 5) is 0. The lowest BCUT2D eigenvalue weighted by Gasteiger charge is -2.10. The molecule has 2 aromatic rings. The minimum absolute atomic E-state index is 0.0479. The van der Waals surface area contributed by atoms with Crippen molar-refractivity contribution in [1.82, 2.24) is 20.3 Å². The predicted octanol–water partition coefficient (Wildman–Crippen LogP) is 3.30. The molecule has 0 amide bonds. The van der Waals surface area contributed by atoms with Crippen LogP contribution in [0.15, 0.2) is 12.1 Å². The Morgan fingerprint density at radius 2 is 1.89 bits per heavy atom. The van der Waals surface area contributed by atoms with E-state index in [1.165, 1.54) is 16.8 Å². The van der Waals surface area contributed by atoms with Gasteiger partial charge in [0.1, 0.15) is 17.2 Å². The van der Waals surface area contributed by atoms with Crippen LogP contribution in [0, 0.1) is 12.7 Å². The second-order valence-corrected chi connectivity index (χ2v) is 5.01. The largest absolute Gasteiger partial charge is 0.312 e. The third-order valence-electron chi connectivity index (χ3n) is 2.97. The Morgan fingerprint density at radius 1 is 1.32 bits per heavy atom. The fourth-order valence-electron chi connectivity index (χ4n) is 1.83. The molecular weight excluding hydrogens is 290 g/mol. The molecule has 1 aromatic carbocycles. The molecule has 0 saturated carbocycles. The van der Waals surface area contributed by atoms with Gasteiger partial charge in [0.25, 0.3) is 0 Å². The molecule has 1 atom stereocenters. The number of halogens is 3. The molecule has 0 bridgehead atoms. The van der Waals surface area contributed by atoms with Crippen LogP contribution >= 0.6 is 23.2 Å². The minimum Gasteiger partial charge on any atom is -0.312 e. The number of aromatic nitrogens is 3. The van der Waals surface area contributed by atoms with Gasteiger partial charge in [0, 0.05) is 0 Å². The molecule has 0 radical (unpaired) electrons. The lowest BCUT2D eigenvalue weighted by molar-refractivity contribution is 0.626. The Bertz CT molecular complexity index is 589. The van der Waals surface area contributed by atoms with Crippen molar-refractivity contribution in [1.29, 1.82) is 0 Å². The fourth-order valence-corrected chi connectivity index (χ4v) is 2.45. The number of benzene rings is 1. The number of nitrogens with zero attached hydrogens (tertiary/aromatic N) is 3. The van der Waals surface area contributed by atoms with E-state index in [1.807, 2.05) is 20.9 Å². The van der Waals surface area contributed by atoms with Crippen LogP contribution in [-0.2, 0) is 0 Å². The van der Waals surface area contributed by atoms with Gasteiger partial charge in [-0.05, 0) is 33.0 Å². The molecule has 1 N–H and O–H groups in total. The number of hydrogen-bond donors (Lipinski definition) is 1. The lowest BCUT2D eigenvalue weighted by Crippen LogP contribution is -2.14. The third kappa shape index (κ3) is 2.59. The van der Waals surface area contributed by atoms with E-state index in [0.717, 1.165) is 11.4 Å². The second kappa shape index (κ2) is 5.45. The van der Waals surface area contributed by atoms with E-state index >= 15 is 0 Å². The van der Waals surface area contributed by atoms with Gasteiger partial charge in [-0.3, -0.25) is 0 Å². The zero-order chi connectivity index (χ0) is 14.2. The SMILES string of the molecule is CNC(C)c1nnn(-c2c(Cl)cc(F)cc2Cl)c1C. The van der Waals surface area contributed by atoms with Crippen molar-refractivity contribution < 1.29 is 4.39 Å². The summed E-state index contributed by atoms with van der Waals surface area (Å²) in [6.45, 7) is 3.83. The maximum absolute atomic E-state index is 13.2. The van der Waals surface area contributed by atoms with Crippen molar-refractivity contribution in [2.24, 2.45) is 0 Å². The molecule has 1 heterocycles. The van der Waals surface area contributed by atoms with Crippen molar-refractivity contribution in [2.45, 2.75) is 19.9 Å². The molecule has 0 fully saturated rings. The highest BCUT2D eigenvalue weighted by atomic mass is 35.5. The highest BCUT2D eigenvalue weighted by Crippen LogP contribution is 2.31. The maximum Gasteiger partial charge on any atom is 0.126 e. The molecule has 1 unspecified atom stereocenters. The van der Waals surface area contributed by atoms with Gasteiger partial charge in [-0.15, -0.1) is 5.10 Å². The molecule has 0 aliphatic heterocycles. The molecule has 7 heteroatoms. The highest BCUT2D eigenvalue weighted by molar-refractivity contribution is 6.37. The Kier molecular flexibility index (Phi) is 4.08. The summed E-state index contributed by atoms with van der Waals surface area (Å²) in [6, 6.07) is 2.45. The zero-order valence-electron chi connectivity index (χ0n) is 10.7. The van der Waals surface area contributed by atoms with E-state index in [9.17, 15) is 4.39 Å². The molecule has 1 aromatic heterocycles. The lowest BCUT2D eigenvalue weighted by atomic mass is 10.2. The molecule has 0 saturated heterocycles. The van der Waals surface area contributed by atoms with E-state index in [-0.39, 0.29) is 16.1 Å². The minimum atomic E-state index is -0.486. The van der Waals surface area contributed by atoms with E-state index in [1.54, 1.807) is 0 Å². The summed E-state index contributed by atoms with van der Waals surface area (Å²) < 4.78 is 14.7. The van der Waals surface area contributed by atoms with Crippen molar-refractivity contribution in [3.05, 3.63) is 39.4 Å². The Labute approximate surface area is 120 Å². The quantitative estimate of drug-likeness (QED) is 0.946. The molecule has 2 rings (SSSR count). The highest BCUT2D eigenvalue weighted by Gasteiger charge is 2.19. The van der Waals surface area contributed by atoms with Crippen LogP contribution in [-0.4, -0.2) is 22.0 Å². The van der Waals surface area contributed by atoms with Gasteiger partial charge >= 0.3 is 0 Å². The van der Waals surface area contributed by atoms with E-state index < -0.39 is 5.82 Å². The van der Waals surface area contributed by atoms with Crippen LogP contribution in [0.2, 0.25) is 10.0 Å². The summed E-state index contributed by atoms with van der Waals surface area (Å²) in [5.74, 6) is -0.486. The van der Waals surface area contributed by atoms with Crippen molar-refractivity contribution in [3.63, 3.8) is 0 Å². The number of rotatable bonds is 3. The van der Waals surface area contributed by atoms with Gasteiger partial charge in [0.05, 0.1) is 21.8 Å². The molecule has 0 aliphatic carbocycles. The summed E-state index contributed by atoms with van der Waals surface area (Å²) in [7, 11) is 1.83. The Balaban J connectivity index is 2.58. The smallest absolute Gasteiger partial charge is 0.126 e. The summed E-state index contributed by atoms with van der Waals surface area (Å²) >= 11 is 12.1. The second-order valence-electron chi connectivity index (χ2n) is 4.20. The van der Waals surface area contributed by atoms with Crippen LogP contribution in [0.4, 0.5) is 4.39 Å². The first-order chi connectivity index (χ1) is 8.95. The fraction of sp³-hybridized carbons (Fsp3) is 0.333. The third-order valence-corrected chi connectivity index (χ3v) is 3.54. The molecule has 0 spiro atoms. The molecular formula is C12H13Cl2FN4. The van der Waals surface area contributed by atoms with Gasteiger partial charge in [0.15, 0.2) is 0 Å². The first-order valence-corrected chi connectivity index (χ1v) is 6.45. The first kappa shape index (κ1) is 14.2. The van der Waals surface area contributed by atoms with Gasteiger partial charge in [0.2, 0.25) is 0 Å². The molecule has 0 aliphatic rings. The first-order valence-electron chi connectivity index (χ1n) is 5.70. The number of nitrogens with one attached hydrogen (secondary N) is 1. The van der Waals surface area contributed by atoms with Crippen LogP contribution in [0.5, 0.6) is 0 Å². The molecule has 4 nitrogen and oxygen atoms in total. The number of hydrogen-bond acceptors (Lipinski definition) is 3. The van der Waals surface area contributed by atoms with Crippen LogP contribution < -0.4 is 5.32 Å². The normalized spacial score (nSPS) is 12.7. The predicted molar refractivity (Wildman–Crippen MR) is 73.5 cm³/mol. The van der Waals surface area contributed by atoms with Crippen molar-refractivity contribution in [2.75, 3.05) is 7.05 Å². The van der Waals surface area contributed by atoms with Gasteiger partial charge in [-0.25, -0.2) is 9.07 Å². The van der Waals surface area contributed by atoms with E-state index in [4.69, 9.17) is 23.2 Å². The molecule has 19 heavy (non-hydrogen) atoms. The Hall–Kier alpha value is -1.17. The van der Waals surface area contributed by atoms with Crippen LogP contribution in [0.25, 0.3) is 5.69 Å². The standard InChI is InChI=1S/C12H13Cl2FN4/c1-6(16-3)11-7(2)19(18-17-11)12-9(13)4-8(15)5-10(12)14/h4-6,16H,1-3H3. The Morgan fingerprint density at radius 3 is 2.42 bits per heavy atom. The average Bonchev–Trinajstić information content (AvgIpc) is 2.69. The monoisotopic (exact) mass is 302 g/mol. The summed E-state index contributed by atoms with van der Waals surface area (Å²) in [6.07, 6.45) is 0. The van der Waals surface area contributed by atoms with E-state index in [2.05, 4.69) is 15.6 Å². The van der Waals surface area contributed by atoms with Crippen molar-refractivity contribution >= 4 is 23.2 Å². The average molecular weight is 303 g/mol. The van der Waals surface area contributed by atoms with Crippen LogP contribution in [0.3, 0.4) is 0 Å². The zero-order valence-corrected chi connectivity index (χ0v) is 12.2. The van der Waals surface area contributed by atoms with Crippen LogP contribution in [0.1, 0.15) is 24.4 Å². The van der Waals surface area contributed by atoms with E-state index in [0.29, 0.717) is 5.69 Å². The van der Waals surface area contributed by atoms with Gasteiger partial charge in [-0.1, -0.05) is 28.4 Å². The molecule has 102 valence electrons. The van der Waals surface area contributed by atoms with Crippen molar-refractivity contribution in [3.8, 4) is 5.69 Å². The maximum atomic E-state index is 13.2. The van der Waals surface area contributed by atoms with Gasteiger partial charge in [-0.2, -0.15) is 0 Å². The topological polar surface area (TPSA) is 42.7 Å². The van der Waals surface area contributed by atoms with Gasteiger partial charge < -0.3 is 5.32 Å². The summed E-state index contributed by atoms with van der Waals surface area (Å²) in [5.41, 5.74) is 2.03. The summed E-state index contributed by atoms with van der Waals surface area (Å²) in [5, 5.41) is 11.6.